The van der Waals surface area contributed by atoms with Crippen molar-refractivity contribution in [2.45, 2.75) is 6.42 Å². The van der Waals surface area contributed by atoms with Gasteiger partial charge in [0.1, 0.15) is 0 Å². The first-order valence-corrected chi connectivity index (χ1v) is 5.45. The fourth-order valence-electron chi connectivity index (χ4n) is 1.53. The van der Waals surface area contributed by atoms with Gasteiger partial charge in [-0.15, -0.1) is 11.3 Å². The molecular weight excluding hydrogens is 194 g/mol. The molecule has 0 fully saturated rings. The Labute approximate surface area is 87.2 Å². The Kier molecular flexibility index (Phi) is 2.65. The Balaban J connectivity index is 2.41. The van der Waals surface area contributed by atoms with Crippen LogP contribution >= 0.6 is 11.3 Å². The van der Waals surface area contributed by atoms with Crippen LogP contribution in [0.3, 0.4) is 0 Å². The third kappa shape index (κ3) is 1.58. The van der Waals surface area contributed by atoms with Gasteiger partial charge in [-0.05, 0) is 30.5 Å². The van der Waals surface area contributed by atoms with Crippen molar-refractivity contribution in [2.75, 3.05) is 6.54 Å². The van der Waals surface area contributed by atoms with Crippen LogP contribution in [0.2, 0.25) is 0 Å². The summed E-state index contributed by atoms with van der Waals surface area (Å²) in [6.07, 6.45) is 2.76. The summed E-state index contributed by atoms with van der Waals surface area (Å²) in [5.41, 5.74) is 7.99. The molecule has 0 saturated heterocycles. The van der Waals surface area contributed by atoms with E-state index >= 15 is 0 Å². The largest absolute Gasteiger partial charge is 0.330 e. The summed E-state index contributed by atoms with van der Waals surface area (Å²) in [7, 11) is 1.96. The van der Waals surface area contributed by atoms with E-state index in [4.69, 9.17) is 5.73 Å². The van der Waals surface area contributed by atoms with Crippen molar-refractivity contribution in [1.29, 1.82) is 0 Å². The van der Waals surface area contributed by atoms with Gasteiger partial charge in [0.15, 0.2) is 0 Å². The topological polar surface area (TPSA) is 43.8 Å². The number of hydrogen-bond acceptors (Lipinski definition) is 3. The molecule has 2 heterocycles. The lowest BCUT2D eigenvalue weighted by Gasteiger charge is -2.02. The first kappa shape index (κ1) is 9.43. The molecule has 0 bridgehead atoms. The number of aryl methyl sites for hydroxylation is 1. The van der Waals surface area contributed by atoms with E-state index in [0.29, 0.717) is 6.54 Å². The van der Waals surface area contributed by atoms with Crippen LogP contribution < -0.4 is 5.73 Å². The number of nitrogens with two attached hydrogens (primary N) is 1. The molecule has 0 aromatic carbocycles. The molecule has 0 radical (unpaired) electrons. The van der Waals surface area contributed by atoms with Crippen LogP contribution in [0.25, 0.3) is 11.3 Å². The highest BCUT2D eigenvalue weighted by molar-refractivity contribution is 7.10. The third-order valence-electron chi connectivity index (χ3n) is 2.21. The Hall–Kier alpha value is -1.13. The first-order chi connectivity index (χ1) is 6.83. The number of aromatic nitrogens is 2. The molecule has 2 N–H and O–H groups in total. The molecule has 3 nitrogen and oxygen atoms in total. The molecule has 0 aliphatic rings. The van der Waals surface area contributed by atoms with E-state index in [-0.39, 0.29) is 0 Å². The van der Waals surface area contributed by atoms with Gasteiger partial charge >= 0.3 is 0 Å². The Morgan fingerprint density at radius 1 is 1.50 bits per heavy atom. The third-order valence-corrected chi connectivity index (χ3v) is 3.19. The van der Waals surface area contributed by atoms with Crippen molar-refractivity contribution in [2.24, 2.45) is 12.8 Å². The number of thiophene rings is 1. The number of rotatable bonds is 3. The lowest BCUT2D eigenvalue weighted by molar-refractivity contribution is 0.775. The van der Waals surface area contributed by atoms with E-state index in [1.807, 2.05) is 24.0 Å². The van der Waals surface area contributed by atoms with Crippen molar-refractivity contribution in [3.8, 4) is 11.3 Å². The highest BCUT2D eigenvalue weighted by Gasteiger charge is 2.08. The van der Waals surface area contributed by atoms with Gasteiger partial charge in [0.2, 0.25) is 0 Å². The maximum Gasteiger partial charge on any atom is 0.0690 e. The van der Waals surface area contributed by atoms with Gasteiger partial charge < -0.3 is 5.73 Å². The summed E-state index contributed by atoms with van der Waals surface area (Å²) in [6, 6.07) is 4.16. The van der Waals surface area contributed by atoms with Crippen LogP contribution in [0, 0.1) is 0 Å². The maximum atomic E-state index is 5.56. The Morgan fingerprint density at radius 2 is 2.36 bits per heavy atom. The maximum absolute atomic E-state index is 5.56. The van der Waals surface area contributed by atoms with Gasteiger partial charge in [-0.25, -0.2) is 0 Å². The highest BCUT2D eigenvalue weighted by atomic mass is 32.1. The SMILES string of the molecule is Cn1nccc1-c1ccsc1CCN. The van der Waals surface area contributed by atoms with E-state index in [1.165, 1.54) is 10.4 Å². The van der Waals surface area contributed by atoms with Crippen molar-refractivity contribution in [3.05, 3.63) is 28.6 Å². The number of nitrogens with zero attached hydrogens (tertiary/aromatic N) is 2. The number of hydrogen-bond donors (Lipinski definition) is 1. The highest BCUT2D eigenvalue weighted by Crippen LogP contribution is 2.27. The van der Waals surface area contributed by atoms with Crippen molar-refractivity contribution in [3.63, 3.8) is 0 Å². The second-order valence-corrected chi connectivity index (χ2v) is 4.14. The molecule has 4 heteroatoms. The summed E-state index contributed by atoms with van der Waals surface area (Å²) in [6.45, 7) is 0.700. The van der Waals surface area contributed by atoms with Crippen LogP contribution in [0.5, 0.6) is 0 Å². The van der Waals surface area contributed by atoms with Crippen LogP contribution in [-0.2, 0) is 13.5 Å². The molecule has 14 heavy (non-hydrogen) atoms. The lowest BCUT2D eigenvalue weighted by Crippen LogP contribution is -2.02. The normalized spacial score (nSPS) is 10.7. The van der Waals surface area contributed by atoms with E-state index < -0.39 is 0 Å². The van der Waals surface area contributed by atoms with Gasteiger partial charge in [0.05, 0.1) is 5.69 Å². The Morgan fingerprint density at radius 3 is 3.00 bits per heavy atom. The van der Waals surface area contributed by atoms with Gasteiger partial charge in [0, 0.05) is 23.7 Å². The van der Waals surface area contributed by atoms with Crippen LogP contribution in [0.1, 0.15) is 4.88 Å². The zero-order valence-corrected chi connectivity index (χ0v) is 8.92. The molecule has 0 atom stereocenters. The van der Waals surface area contributed by atoms with Crippen LogP contribution in [0.15, 0.2) is 23.7 Å². The summed E-state index contributed by atoms with van der Waals surface area (Å²) in [5.74, 6) is 0. The van der Waals surface area contributed by atoms with Gasteiger partial charge in [-0.1, -0.05) is 0 Å². The van der Waals surface area contributed by atoms with Crippen molar-refractivity contribution >= 4 is 11.3 Å². The predicted molar refractivity (Wildman–Crippen MR) is 59.3 cm³/mol. The summed E-state index contributed by atoms with van der Waals surface area (Å²) in [5, 5.41) is 6.27. The van der Waals surface area contributed by atoms with Crippen molar-refractivity contribution < 1.29 is 0 Å². The molecule has 0 saturated carbocycles. The Bertz CT molecular complexity index is 416. The van der Waals surface area contributed by atoms with Crippen molar-refractivity contribution in [1.82, 2.24) is 9.78 Å². The molecule has 2 rings (SSSR count). The fraction of sp³-hybridized carbons (Fsp3) is 0.300. The minimum Gasteiger partial charge on any atom is -0.330 e. The smallest absolute Gasteiger partial charge is 0.0690 e. The predicted octanol–water partition coefficient (Wildman–Crippen LogP) is 1.65. The molecule has 0 aliphatic carbocycles. The van der Waals surface area contributed by atoms with E-state index in [1.54, 1.807) is 11.3 Å². The average Bonchev–Trinajstić information content (AvgIpc) is 2.74. The molecule has 0 aliphatic heterocycles. The fourth-order valence-corrected chi connectivity index (χ4v) is 2.44. The first-order valence-electron chi connectivity index (χ1n) is 4.57. The average molecular weight is 207 g/mol. The standard InChI is InChI=1S/C10H13N3S/c1-13-9(3-6-12-13)8-4-7-14-10(8)2-5-11/h3-4,6-7H,2,5,11H2,1H3. The monoisotopic (exact) mass is 207 g/mol. The van der Waals surface area contributed by atoms with E-state index in [9.17, 15) is 0 Å². The molecule has 2 aromatic rings. The molecule has 74 valence electrons. The second-order valence-electron chi connectivity index (χ2n) is 3.14. The molecule has 0 amide bonds. The van der Waals surface area contributed by atoms with E-state index in [0.717, 1.165) is 12.1 Å². The molecule has 0 spiro atoms. The minimum atomic E-state index is 0.700. The minimum absolute atomic E-state index is 0.700. The molecular formula is C10H13N3S. The van der Waals surface area contributed by atoms with Gasteiger partial charge in [0.25, 0.3) is 0 Å². The van der Waals surface area contributed by atoms with Crippen LogP contribution in [-0.4, -0.2) is 16.3 Å². The summed E-state index contributed by atoms with van der Waals surface area (Å²) in [4.78, 5) is 1.34. The summed E-state index contributed by atoms with van der Waals surface area (Å²) >= 11 is 1.76. The molecule has 0 unspecified atom stereocenters. The van der Waals surface area contributed by atoms with Gasteiger partial charge in [-0.3, -0.25) is 4.68 Å². The zero-order valence-electron chi connectivity index (χ0n) is 8.10. The lowest BCUT2D eigenvalue weighted by atomic mass is 10.1. The van der Waals surface area contributed by atoms with E-state index in [2.05, 4.69) is 16.5 Å². The van der Waals surface area contributed by atoms with Gasteiger partial charge in [-0.2, -0.15) is 5.10 Å². The zero-order chi connectivity index (χ0) is 9.97. The molecule has 2 aromatic heterocycles. The second kappa shape index (κ2) is 3.94. The summed E-state index contributed by atoms with van der Waals surface area (Å²) < 4.78 is 1.89. The quantitative estimate of drug-likeness (QED) is 0.831. The van der Waals surface area contributed by atoms with Crippen LogP contribution in [0.4, 0.5) is 0 Å².